The number of hydrogen-bond acceptors (Lipinski definition) is 2. The molecule has 0 aliphatic rings. The molecule has 0 spiro atoms. The smallest absolute Gasteiger partial charge is 0.237 e. The zero-order valence-corrected chi connectivity index (χ0v) is 13.9. The lowest BCUT2D eigenvalue weighted by atomic mass is 10.2. The van der Waals surface area contributed by atoms with Crippen molar-refractivity contribution in [3.63, 3.8) is 0 Å². The lowest BCUT2D eigenvalue weighted by Gasteiger charge is -2.15. The van der Waals surface area contributed by atoms with Gasteiger partial charge in [-0.1, -0.05) is 19.1 Å². The van der Waals surface area contributed by atoms with E-state index in [9.17, 15) is 9.18 Å². The monoisotopic (exact) mass is 367 g/mol. The third-order valence-electron chi connectivity index (χ3n) is 2.88. The van der Waals surface area contributed by atoms with Gasteiger partial charge in [-0.25, -0.2) is 4.39 Å². The number of rotatable bonds is 5. The first kappa shape index (κ1) is 16.0. The highest BCUT2D eigenvalue weighted by molar-refractivity contribution is 9.10. The van der Waals surface area contributed by atoms with Gasteiger partial charge in [0.2, 0.25) is 5.91 Å². The Balaban J connectivity index is 2.05. The van der Waals surface area contributed by atoms with Gasteiger partial charge in [0, 0.05) is 15.1 Å². The minimum Gasteiger partial charge on any atom is -0.325 e. The molecule has 0 saturated heterocycles. The van der Waals surface area contributed by atoms with E-state index < -0.39 is 0 Å². The number of thioether (sulfide) groups is 1. The molecule has 2 rings (SSSR count). The van der Waals surface area contributed by atoms with Crippen molar-refractivity contribution in [1.29, 1.82) is 0 Å². The second-order valence-corrected chi connectivity index (χ2v) is 6.54. The quantitative estimate of drug-likeness (QED) is 0.745. The van der Waals surface area contributed by atoms with Crippen LogP contribution in [-0.4, -0.2) is 11.2 Å². The normalized spacial score (nSPS) is 12.0. The molecule has 1 amide bonds. The zero-order chi connectivity index (χ0) is 15.2. The van der Waals surface area contributed by atoms with Gasteiger partial charge in [0.1, 0.15) is 5.82 Å². The molecule has 0 aromatic heterocycles. The largest absolute Gasteiger partial charge is 0.325 e. The first-order valence-corrected chi connectivity index (χ1v) is 8.25. The van der Waals surface area contributed by atoms with Gasteiger partial charge in [0.25, 0.3) is 0 Å². The van der Waals surface area contributed by atoms with Crippen molar-refractivity contribution in [3.8, 4) is 0 Å². The summed E-state index contributed by atoms with van der Waals surface area (Å²) in [4.78, 5) is 13.3. The average Bonchev–Trinajstić information content (AvgIpc) is 2.48. The number of anilines is 1. The number of halogens is 2. The maximum atomic E-state index is 12.9. The number of amides is 1. The lowest BCUT2D eigenvalue weighted by molar-refractivity contribution is -0.115. The van der Waals surface area contributed by atoms with E-state index in [1.807, 2.05) is 31.2 Å². The summed E-state index contributed by atoms with van der Waals surface area (Å²) >= 11 is 5.00. The molecule has 0 aliphatic carbocycles. The molecule has 0 bridgehead atoms. The van der Waals surface area contributed by atoms with Gasteiger partial charge in [-0.3, -0.25) is 4.79 Å². The van der Waals surface area contributed by atoms with Crippen molar-refractivity contribution >= 4 is 39.3 Å². The minimum atomic E-state index is -0.317. The van der Waals surface area contributed by atoms with Gasteiger partial charge in [-0.05, 0) is 58.7 Å². The van der Waals surface area contributed by atoms with E-state index in [0.717, 1.165) is 9.37 Å². The van der Waals surface area contributed by atoms with Crippen LogP contribution in [0.25, 0.3) is 0 Å². The summed E-state index contributed by atoms with van der Waals surface area (Å²) in [7, 11) is 0. The molecule has 0 heterocycles. The van der Waals surface area contributed by atoms with E-state index in [0.29, 0.717) is 12.1 Å². The molecule has 0 saturated carbocycles. The maximum absolute atomic E-state index is 12.9. The molecule has 0 radical (unpaired) electrons. The average molecular weight is 368 g/mol. The van der Waals surface area contributed by atoms with Crippen molar-refractivity contribution in [3.05, 3.63) is 58.8 Å². The van der Waals surface area contributed by atoms with Crippen LogP contribution in [0.3, 0.4) is 0 Å². The molecule has 0 aliphatic heterocycles. The Morgan fingerprint density at radius 3 is 2.52 bits per heavy atom. The molecule has 110 valence electrons. The Bertz CT molecular complexity index is 618. The Kier molecular flexibility index (Phi) is 5.82. The van der Waals surface area contributed by atoms with Crippen LogP contribution < -0.4 is 5.32 Å². The SMILES string of the molecule is CCC(Sc1ccccc1Br)C(=O)Nc1ccc(F)cc1. The third kappa shape index (κ3) is 4.58. The second-order valence-electron chi connectivity index (χ2n) is 4.44. The molecule has 1 unspecified atom stereocenters. The van der Waals surface area contributed by atoms with E-state index in [1.165, 1.54) is 23.9 Å². The van der Waals surface area contributed by atoms with Crippen LogP contribution in [0.5, 0.6) is 0 Å². The molecule has 2 nitrogen and oxygen atoms in total. The summed E-state index contributed by atoms with van der Waals surface area (Å²) in [6.45, 7) is 1.97. The number of benzene rings is 2. The molecule has 2 aromatic rings. The van der Waals surface area contributed by atoms with E-state index >= 15 is 0 Å². The molecule has 1 N–H and O–H groups in total. The number of hydrogen-bond donors (Lipinski definition) is 1. The highest BCUT2D eigenvalue weighted by Crippen LogP contribution is 2.32. The maximum Gasteiger partial charge on any atom is 0.237 e. The standard InChI is InChI=1S/C16H15BrFNOS/c1-2-14(21-15-6-4-3-5-13(15)17)16(20)19-12-9-7-11(18)8-10-12/h3-10,14H,2H2,1H3,(H,19,20). The summed E-state index contributed by atoms with van der Waals surface area (Å²) in [6.07, 6.45) is 0.707. The molecule has 5 heteroatoms. The number of nitrogens with one attached hydrogen (secondary N) is 1. The van der Waals surface area contributed by atoms with Crippen LogP contribution in [-0.2, 0) is 4.79 Å². The van der Waals surface area contributed by atoms with Crippen LogP contribution in [0.2, 0.25) is 0 Å². The van der Waals surface area contributed by atoms with Crippen molar-refractivity contribution in [2.45, 2.75) is 23.5 Å². The molecule has 2 aromatic carbocycles. The summed E-state index contributed by atoms with van der Waals surface area (Å²) in [5, 5.41) is 2.62. The summed E-state index contributed by atoms with van der Waals surface area (Å²) < 4.78 is 13.8. The third-order valence-corrected chi connectivity index (χ3v) is 5.28. The molecular formula is C16H15BrFNOS. The van der Waals surface area contributed by atoms with Crippen molar-refractivity contribution < 1.29 is 9.18 Å². The molecule has 1 atom stereocenters. The Hall–Kier alpha value is -1.33. The van der Waals surface area contributed by atoms with Gasteiger partial charge in [0.05, 0.1) is 5.25 Å². The fourth-order valence-corrected chi connectivity index (χ4v) is 3.31. The first-order valence-electron chi connectivity index (χ1n) is 6.57. The Labute approximate surface area is 136 Å². The van der Waals surface area contributed by atoms with E-state index in [2.05, 4.69) is 21.2 Å². The van der Waals surface area contributed by atoms with E-state index in [-0.39, 0.29) is 17.0 Å². The van der Waals surface area contributed by atoms with Gasteiger partial charge in [-0.2, -0.15) is 0 Å². The molecule has 0 fully saturated rings. The first-order chi connectivity index (χ1) is 10.1. The Morgan fingerprint density at radius 2 is 1.90 bits per heavy atom. The summed E-state index contributed by atoms with van der Waals surface area (Å²) in [5.74, 6) is -0.396. The van der Waals surface area contributed by atoms with Gasteiger partial charge < -0.3 is 5.32 Å². The van der Waals surface area contributed by atoms with Crippen molar-refractivity contribution in [2.24, 2.45) is 0 Å². The highest BCUT2D eigenvalue weighted by Gasteiger charge is 2.19. The lowest BCUT2D eigenvalue weighted by Crippen LogP contribution is -2.24. The van der Waals surface area contributed by atoms with Crippen molar-refractivity contribution in [2.75, 3.05) is 5.32 Å². The van der Waals surface area contributed by atoms with E-state index in [1.54, 1.807) is 12.1 Å². The van der Waals surface area contributed by atoms with Crippen LogP contribution in [0.4, 0.5) is 10.1 Å². The van der Waals surface area contributed by atoms with Gasteiger partial charge >= 0.3 is 0 Å². The number of carbonyl (C=O) groups excluding carboxylic acids is 1. The van der Waals surface area contributed by atoms with Gasteiger partial charge in [-0.15, -0.1) is 11.8 Å². The highest BCUT2D eigenvalue weighted by atomic mass is 79.9. The predicted octanol–water partition coefficient (Wildman–Crippen LogP) is 5.10. The van der Waals surface area contributed by atoms with Gasteiger partial charge in [0.15, 0.2) is 0 Å². The van der Waals surface area contributed by atoms with Crippen LogP contribution in [0.15, 0.2) is 57.9 Å². The second kappa shape index (κ2) is 7.61. The number of carbonyl (C=O) groups is 1. The van der Waals surface area contributed by atoms with Crippen LogP contribution in [0.1, 0.15) is 13.3 Å². The Morgan fingerprint density at radius 1 is 1.24 bits per heavy atom. The fourth-order valence-electron chi connectivity index (χ4n) is 1.77. The van der Waals surface area contributed by atoms with E-state index in [4.69, 9.17) is 0 Å². The van der Waals surface area contributed by atoms with Crippen LogP contribution in [0, 0.1) is 5.82 Å². The molecule has 21 heavy (non-hydrogen) atoms. The minimum absolute atomic E-state index is 0.0788. The van der Waals surface area contributed by atoms with Crippen molar-refractivity contribution in [1.82, 2.24) is 0 Å². The fraction of sp³-hybridized carbons (Fsp3) is 0.188. The predicted molar refractivity (Wildman–Crippen MR) is 89.1 cm³/mol. The topological polar surface area (TPSA) is 29.1 Å². The molecular weight excluding hydrogens is 353 g/mol. The summed E-state index contributed by atoms with van der Waals surface area (Å²) in [5.41, 5.74) is 0.604. The summed E-state index contributed by atoms with van der Waals surface area (Å²) in [6, 6.07) is 13.6. The zero-order valence-electron chi connectivity index (χ0n) is 11.5. The van der Waals surface area contributed by atoms with Crippen LogP contribution >= 0.6 is 27.7 Å².